The fourth-order valence-corrected chi connectivity index (χ4v) is 5.80. The first-order chi connectivity index (χ1) is 20.1. The van der Waals surface area contributed by atoms with Crippen LogP contribution in [-0.2, 0) is 23.9 Å². The van der Waals surface area contributed by atoms with Crippen LogP contribution in [0.2, 0.25) is 0 Å². The third-order valence-corrected chi connectivity index (χ3v) is 8.27. The topological polar surface area (TPSA) is 190 Å². The van der Waals surface area contributed by atoms with E-state index in [-0.39, 0.29) is 37.6 Å². The molecule has 2 saturated heterocycles. The lowest BCUT2D eigenvalue weighted by Gasteiger charge is -2.33. The van der Waals surface area contributed by atoms with Crippen LogP contribution in [0.4, 0.5) is 0 Å². The molecule has 2 heterocycles. The molecule has 2 aliphatic rings. The Morgan fingerprint density at radius 1 is 0.929 bits per heavy atom. The van der Waals surface area contributed by atoms with Gasteiger partial charge in [-0.1, -0.05) is 19.8 Å². The van der Waals surface area contributed by atoms with Gasteiger partial charge in [0, 0.05) is 39.6 Å². The normalized spacial score (nSPS) is 25.4. The maximum atomic E-state index is 12.1. The molecule has 0 aromatic heterocycles. The summed E-state index contributed by atoms with van der Waals surface area (Å²) in [6.07, 6.45) is 6.44. The minimum atomic E-state index is -1.81. The quantitative estimate of drug-likeness (QED) is 0.0455. The molecule has 0 saturated carbocycles. The van der Waals surface area contributed by atoms with Crippen LogP contribution < -0.4 is 10.8 Å². The van der Waals surface area contributed by atoms with E-state index in [9.17, 15) is 24.9 Å². The number of carbonyl (C=O) groups is 2. The van der Waals surface area contributed by atoms with Crippen molar-refractivity contribution in [1.82, 2.24) is 15.7 Å². The zero-order chi connectivity index (χ0) is 31.0. The second kappa shape index (κ2) is 19.1. The molecule has 5 atom stereocenters. The van der Waals surface area contributed by atoms with Gasteiger partial charge in [-0.2, -0.15) is 0 Å². The number of hydrogen-bond acceptors (Lipinski definition) is 11. The van der Waals surface area contributed by atoms with Crippen molar-refractivity contribution >= 4 is 11.8 Å². The van der Waals surface area contributed by atoms with Crippen molar-refractivity contribution in [3.63, 3.8) is 0 Å². The predicted molar refractivity (Wildman–Crippen MR) is 154 cm³/mol. The van der Waals surface area contributed by atoms with Gasteiger partial charge >= 0.3 is 0 Å². The predicted octanol–water partition coefficient (Wildman–Crippen LogP) is 0.310. The number of aliphatic hydroxyl groups excluding tert-OH is 4. The molecule has 7 N–H and O–H groups in total. The number of amides is 2. The van der Waals surface area contributed by atoms with Crippen LogP contribution in [0.5, 0.6) is 0 Å². The van der Waals surface area contributed by atoms with E-state index in [0.717, 1.165) is 75.7 Å². The van der Waals surface area contributed by atoms with Crippen LogP contribution in [0.1, 0.15) is 90.9 Å². The summed E-state index contributed by atoms with van der Waals surface area (Å²) >= 11 is 0. The fraction of sp³-hybridized carbons (Fsp3) is 0.931. The summed E-state index contributed by atoms with van der Waals surface area (Å²) in [6, 6.07) is -0.851. The molecule has 2 rings (SSSR count). The Bertz CT molecular complexity index is 783. The van der Waals surface area contributed by atoms with Crippen molar-refractivity contribution in [2.24, 2.45) is 5.41 Å². The first kappa shape index (κ1) is 36.8. The van der Waals surface area contributed by atoms with Gasteiger partial charge in [-0.25, -0.2) is 5.48 Å². The molecular weight excluding hydrogens is 550 g/mol. The molecular formula is C29H55N3O10. The van der Waals surface area contributed by atoms with Gasteiger partial charge in [-0.15, -0.1) is 0 Å². The molecule has 5 unspecified atom stereocenters. The molecule has 13 heteroatoms. The number of nitrogens with zero attached hydrogens (tertiary/aromatic N) is 1. The Morgan fingerprint density at radius 3 is 2.19 bits per heavy atom. The number of fused-ring (bicyclic) bond motifs is 1. The van der Waals surface area contributed by atoms with E-state index < -0.39 is 42.8 Å². The molecule has 13 nitrogen and oxygen atoms in total. The second-order valence-corrected chi connectivity index (χ2v) is 11.8. The number of hydrogen-bond donors (Lipinski definition) is 7. The molecule has 0 aliphatic carbocycles. The number of hydroxylamine groups is 1. The van der Waals surface area contributed by atoms with E-state index in [2.05, 4.69) is 17.7 Å². The molecule has 0 radical (unpaired) electrons. The first-order valence-corrected chi connectivity index (χ1v) is 15.6. The maximum absolute atomic E-state index is 12.1. The van der Waals surface area contributed by atoms with Crippen molar-refractivity contribution in [2.75, 3.05) is 46.1 Å². The van der Waals surface area contributed by atoms with Gasteiger partial charge in [0.25, 0.3) is 0 Å². The highest BCUT2D eigenvalue weighted by Crippen LogP contribution is 2.49. The SMILES string of the molecule is CC(=O)N1C2C(OCCCC(=O)NCCCCCCNOCCCC(C)(CCCO)CCCO)OC(CO)C(O)C21O. The van der Waals surface area contributed by atoms with Crippen LogP contribution >= 0.6 is 0 Å². The Morgan fingerprint density at radius 2 is 1.57 bits per heavy atom. The van der Waals surface area contributed by atoms with Crippen LogP contribution in [0.25, 0.3) is 0 Å². The Kier molecular flexibility index (Phi) is 16.7. The van der Waals surface area contributed by atoms with Gasteiger partial charge in [0.05, 0.1) is 19.8 Å². The van der Waals surface area contributed by atoms with E-state index >= 15 is 0 Å². The van der Waals surface area contributed by atoms with Crippen molar-refractivity contribution < 1.29 is 49.4 Å². The molecule has 42 heavy (non-hydrogen) atoms. The van der Waals surface area contributed by atoms with Crippen molar-refractivity contribution in [3.8, 4) is 0 Å². The van der Waals surface area contributed by atoms with Gasteiger partial charge in [0.15, 0.2) is 12.0 Å². The van der Waals surface area contributed by atoms with Crippen LogP contribution in [-0.4, -0.2) is 119 Å². The largest absolute Gasteiger partial charge is 0.396 e. The highest BCUT2D eigenvalue weighted by molar-refractivity contribution is 5.78. The molecule has 0 aromatic carbocycles. The standard InChI is InChI=1S/C29H55N3O10/c1-22(36)32-25-27(42-23(21-35)26(38)29(25,32)39)40-19-7-11-24(37)30-15-5-3-4-6-16-31-41-20-10-14-28(2,12-8-17-33)13-9-18-34/h23,25-27,31,33-35,38-39H,3-21H2,1-2H3,(H,30,37). The summed E-state index contributed by atoms with van der Waals surface area (Å²) in [7, 11) is 0. The number of unbranched alkanes of at least 4 members (excludes halogenated alkanes) is 3. The summed E-state index contributed by atoms with van der Waals surface area (Å²) in [5, 5.41) is 51.5. The average Bonchev–Trinajstić information content (AvgIpc) is 3.62. The molecule has 2 fully saturated rings. The lowest BCUT2D eigenvalue weighted by molar-refractivity contribution is -0.247. The minimum Gasteiger partial charge on any atom is -0.396 e. The van der Waals surface area contributed by atoms with Crippen molar-refractivity contribution in [1.29, 1.82) is 0 Å². The molecule has 246 valence electrons. The monoisotopic (exact) mass is 605 g/mol. The summed E-state index contributed by atoms with van der Waals surface area (Å²) in [5.74, 6) is -0.517. The third kappa shape index (κ3) is 11.3. The average molecular weight is 606 g/mol. The summed E-state index contributed by atoms with van der Waals surface area (Å²) in [6.45, 7) is 5.51. The van der Waals surface area contributed by atoms with Crippen molar-refractivity contribution in [2.45, 2.75) is 121 Å². The summed E-state index contributed by atoms with van der Waals surface area (Å²) < 4.78 is 11.2. The van der Waals surface area contributed by atoms with Crippen LogP contribution in [0.3, 0.4) is 0 Å². The van der Waals surface area contributed by atoms with Crippen LogP contribution in [0, 0.1) is 5.41 Å². The smallest absolute Gasteiger partial charge is 0.222 e. The van der Waals surface area contributed by atoms with E-state index in [1.807, 2.05) is 0 Å². The highest BCUT2D eigenvalue weighted by atomic mass is 16.7. The minimum absolute atomic E-state index is 0.0843. The third-order valence-electron chi connectivity index (χ3n) is 8.27. The fourth-order valence-electron chi connectivity index (χ4n) is 5.80. The van der Waals surface area contributed by atoms with E-state index in [1.165, 1.54) is 6.92 Å². The Hall–Kier alpha value is -1.42. The number of nitrogens with one attached hydrogen (secondary N) is 2. The molecule has 0 spiro atoms. The highest BCUT2D eigenvalue weighted by Gasteiger charge is 2.75. The molecule has 0 aromatic rings. The molecule has 2 amide bonds. The number of aliphatic hydroxyl groups is 5. The lowest BCUT2D eigenvalue weighted by atomic mass is 9.77. The molecule has 2 aliphatic heterocycles. The Labute approximate surface area is 249 Å². The van der Waals surface area contributed by atoms with E-state index in [0.29, 0.717) is 19.6 Å². The van der Waals surface area contributed by atoms with Gasteiger partial charge in [0.1, 0.15) is 18.2 Å². The van der Waals surface area contributed by atoms with Crippen molar-refractivity contribution in [3.05, 3.63) is 0 Å². The second-order valence-electron chi connectivity index (χ2n) is 11.8. The van der Waals surface area contributed by atoms with Gasteiger partial charge in [-0.05, 0) is 63.2 Å². The van der Waals surface area contributed by atoms with Gasteiger partial charge in [0.2, 0.25) is 11.8 Å². The first-order valence-electron chi connectivity index (χ1n) is 15.6. The number of rotatable bonds is 24. The molecule has 0 bridgehead atoms. The van der Waals surface area contributed by atoms with Gasteiger partial charge < -0.3 is 45.2 Å². The maximum Gasteiger partial charge on any atom is 0.222 e. The lowest BCUT2D eigenvalue weighted by Crippen LogP contribution is -2.54. The number of carbonyl (C=O) groups excluding carboxylic acids is 2. The summed E-state index contributed by atoms with van der Waals surface area (Å²) in [5.41, 5.74) is 1.33. The van der Waals surface area contributed by atoms with E-state index in [1.54, 1.807) is 0 Å². The van der Waals surface area contributed by atoms with Crippen LogP contribution in [0.15, 0.2) is 0 Å². The zero-order valence-electron chi connectivity index (χ0n) is 25.5. The summed E-state index contributed by atoms with van der Waals surface area (Å²) in [4.78, 5) is 30.6. The zero-order valence-corrected chi connectivity index (χ0v) is 25.5. The van der Waals surface area contributed by atoms with E-state index in [4.69, 9.17) is 24.5 Å². The Balaban J connectivity index is 1.44. The van der Waals surface area contributed by atoms with Gasteiger partial charge in [-0.3, -0.25) is 14.5 Å². The number of ether oxygens (including phenoxy) is 2.